The van der Waals surface area contributed by atoms with E-state index in [2.05, 4.69) is 5.32 Å². The molecule has 2 amide bonds. The molecule has 0 unspecified atom stereocenters. The van der Waals surface area contributed by atoms with Crippen molar-refractivity contribution in [2.24, 2.45) is 0 Å². The summed E-state index contributed by atoms with van der Waals surface area (Å²) in [6.07, 6.45) is 0.981. The molecule has 134 valence electrons. The molecule has 0 aliphatic heterocycles. The quantitative estimate of drug-likeness (QED) is 0.656. The lowest BCUT2D eigenvalue weighted by Crippen LogP contribution is -2.34. The molecule has 1 aromatic rings. The fourth-order valence-corrected chi connectivity index (χ4v) is 2.21. The number of nitrogens with zero attached hydrogens (tertiary/aromatic N) is 1. The van der Waals surface area contributed by atoms with Crippen molar-refractivity contribution in [1.29, 1.82) is 0 Å². The van der Waals surface area contributed by atoms with Crippen LogP contribution in [-0.2, 0) is 14.3 Å². The molecular formula is C17H26N2O5. The van der Waals surface area contributed by atoms with Gasteiger partial charge in [0.25, 0.3) is 0 Å². The first kappa shape index (κ1) is 19.8. The number of nitrogens with one attached hydrogen (secondary N) is 1. The molecule has 1 N–H and O–H groups in total. The second-order valence-electron chi connectivity index (χ2n) is 5.16. The third-order valence-corrected chi connectivity index (χ3v) is 3.47. The maximum absolute atomic E-state index is 11.9. The third-order valence-electron chi connectivity index (χ3n) is 3.47. The zero-order valence-corrected chi connectivity index (χ0v) is 14.8. The summed E-state index contributed by atoms with van der Waals surface area (Å²) in [5, 5.41) is 2.80. The normalized spacial score (nSPS) is 10.2. The van der Waals surface area contributed by atoms with Crippen LogP contribution in [0.2, 0.25) is 0 Å². The summed E-state index contributed by atoms with van der Waals surface area (Å²) in [6, 6.07) is 5.21. The first-order valence-electron chi connectivity index (χ1n) is 7.79. The Morgan fingerprint density at radius 3 is 2.42 bits per heavy atom. The van der Waals surface area contributed by atoms with Crippen LogP contribution in [0.5, 0.6) is 11.5 Å². The van der Waals surface area contributed by atoms with E-state index in [1.807, 2.05) is 0 Å². The zero-order valence-electron chi connectivity index (χ0n) is 14.8. The minimum atomic E-state index is -0.144. The van der Waals surface area contributed by atoms with Crippen LogP contribution in [0.3, 0.4) is 0 Å². The van der Waals surface area contributed by atoms with Gasteiger partial charge in [0.1, 0.15) is 0 Å². The fourth-order valence-electron chi connectivity index (χ4n) is 2.21. The van der Waals surface area contributed by atoms with Crippen LogP contribution in [0.25, 0.3) is 0 Å². The van der Waals surface area contributed by atoms with E-state index in [1.54, 1.807) is 32.4 Å². The molecule has 0 atom stereocenters. The van der Waals surface area contributed by atoms with Gasteiger partial charge in [-0.2, -0.15) is 0 Å². The van der Waals surface area contributed by atoms with Crippen molar-refractivity contribution >= 4 is 17.5 Å². The number of benzene rings is 1. The van der Waals surface area contributed by atoms with Gasteiger partial charge in [-0.25, -0.2) is 0 Å². The Bertz CT molecular complexity index is 548. The Labute approximate surface area is 142 Å². The summed E-state index contributed by atoms with van der Waals surface area (Å²) in [4.78, 5) is 25.3. The maximum Gasteiger partial charge on any atom is 0.223 e. The van der Waals surface area contributed by atoms with Gasteiger partial charge in [-0.3, -0.25) is 9.59 Å². The summed E-state index contributed by atoms with van der Waals surface area (Å²) in [5.41, 5.74) is 0.660. The molecule has 1 rings (SSSR count). The predicted molar refractivity (Wildman–Crippen MR) is 91.7 cm³/mol. The number of anilines is 1. The summed E-state index contributed by atoms with van der Waals surface area (Å²) in [7, 11) is 4.71. The molecule has 0 bridgehead atoms. The number of rotatable bonds is 10. The SMILES string of the molecule is COCCCNC(=O)CCN(C(C)=O)c1ccc(OC)c(OC)c1. The molecule has 0 radical (unpaired) electrons. The molecule has 0 saturated heterocycles. The number of amides is 2. The Morgan fingerprint density at radius 1 is 1.12 bits per heavy atom. The molecule has 24 heavy (non-hydrogen) atoms. The van der Waals surface area contributed by atoms with Crippen LogP contribution < -0.4 is 19.7 Å². The number of hydrogen-bond acceptors (Lipinski definition) is 5. The summed E-state index contributed by atoms with van der Waals surface area (Å²) >= 11 is 0. The zero-order chi connectivity index (χ0) is 17.9. The lowest BCUT2D eigenvalue weighted by atomic mass is 10.2. The maximum atomic E-state index is 11.9. The van der Waals surface area contributed by atoms with E-state index in [0.29, 0.717) is 36.9 Å². The van der Waals surface area contributed by atoms with Gasteiger partial charge in [-0.1, -0.05) is 0 Å². The molecular weight excluding hydrogens is 312 g/mol. The van der Waals surface area contributed by atoms with Crippen LogP contribution in [0, 0.1) is 0 Å². The molecule has 7 heteroatoms. The number of carbonyl (C=O) groups is 2. The van der Waals surface area contributed by atoms with Gasteiger partial charge in [0, 0.05) is 51.9 Å². The predicted octanol–water partition coefficient (Wildman–Crippen LogP) is 1.60. The second-order valence-corrected chi connectivity index (χ2v) is 5.16. The van der Waals surface area contributed by atoms with Crippen LogP contribution >= 0.6 is 0 Å². The van der Waals surface area contributed by atoms with E-state index in [0.717, 1.165) is 6.42 Å². The van der Waals surface area contributed by atoms with Gasteiger partial charge < -0.3 is 24.4 Å². The second kappa shape index (κ2) is 10.5. The molecule has 1 aromatic carbocycles. The standard InChI is InChI=1S/C17H26N2O5/c1-13(20)19(10-8-17(21)18-9-5-11-22-2)14-6-7-15(23-3)16(12-14)24-4/h6-7,12H,5,8-11H2,1-4H3,(H,18,21). The first-order chi connectivity index (χ1) is 11.5. The van der Waals surface area contributed by atoms with Crippen LogP contribution in [-0.4, -0.2) is 52.8 Å². The molecule has 0 spiro atoms. The van der Waals surface area contributed by atoms with E-state index in [-0.39, 0.29) is 18.2 Å². The van der Waals surface area contributed by atoms with Crippen molar-refractivity contribution in [2.75, 3.05) is 45.9 Å². The fraction of sp³-hybridized carbons (Fsp3) is 0.529. The Hall–Kier alpha value is -2.28. The van der Waals surface area contributed by atoms with Gasteiger partial charge in [0.2, 0.25) is 11.8 Å². The van der Waals surface area contributed by atoms with Crippen molar-refractivity contribution in [1.82, 2.24) is 5.32 Å². The van der Waals surface area contributed by atoms with E-state index in [1.165, 1.54) is 18.9 Å². The largest absolute Gasteiger partial charge is 0.493 e. The minimum Gasteiger partial charge on any atom is -0.493 e. The first-order valence-corrected chi connectivity index (χ1v) is 7.79. The molecule has 0 aromatic heterocycles. The number of hydrogen-bond donors (Lipinski definition) is 1. The highest BCUT2D eigenvalue weighted by molar-refractivity contribution is 5.92. The smallest absolute Gasteiger partial charge is 0.223 e. The topological polar surface area (TPSA) is 77.1 Å². The van der Waals surface area contributed by atoms with Crippen molar-refractivity contribution in [3.63, 3.8) is 0 Å². The van der Waals surface area contributed by atoms with Crippen molar-refractivity contribution in [3.05, 3.63) is 18.2 Å². The van der Waals surface area contributed by atoms with E-state index in [4.69, 9.17) is 14.2 Å². The van der Waals surface area contributed by atoms with Gasteiger partial charge >= 0.3 is 0 Å². The summed E-state index contributed by atoms with van der Waals surface area (Å²) in [6.45, 7) is 2.92. The highest BCUT2D eigenvalue weighted by Gasteiger charge is 2.15. The van der Waals surface area contributed by atoms with E-state index < -0.39 is 0 Å². The van der Waals surface area contributed by atoms with Crippen LogP contribution in [0.15, 0.2) is 18.2 Å². The molecule has 0 aliphatic rings. The Kier molecular flexibility index (Phi) is 8.64. The number of carbonyl (C=O) groups excluding carboxylic acids is 2. The van der Waals surface area contributed by atoms with Gasteiger partial charge in [0.05, 0.1) is 14.2 Å². The minimum absolute atomic E-state index is 0.0992. The Balaban J connectivity index is 2.67. The van der Waals surface area contributed by atoms with Crippen molar-refractivity contribution < 1.29 is 23.8 Å². The van der Waals surface area contributed by atoms with Gasteiger partial charge in [-0.15, -0.1) is 0 Å². The number of ether oxygens (including phenoxy) is 3. The summed E-state index contributed by atoms with van der Waals surface area (Å²) in [5.74, 6) is 0.873. The molecule has 0 fully saturated rings. The molecule has 0 aliphatic carbocycles. The number of methoxy groups -OCH3 is 3. The highest BCUT2D eigenvalue weighted by Crippen LogP contribution is 2.31. The molecule has 7 nitrogen and oxygen atoms in total. The van der Waals surface area contributed by atoms with Crippen LogP contribution in [0.1, 0.15) is 19.8 Å². The third kappa shape index (κ3) is 6.08. The average molecular weight is 338 g/mol. The van der Waals surface area contributed by atoms with Gasteiger partial charge in [0.15, 0.2) is 11.5 Å². The van der Waals surface area contributed by atoms with Crippen molar-refractivity contribution in [3.8, 4) is 11.5 Å². The highest BCUT2D eigenvalue weighted by atomic mass is 16.5. The molecule has 0 heterocycles. The van der Waals surface area contributed by atoms with E-state index >= 15 is 0 Å². The van der Waals surface area contributed by atoms with Gasteiger partial charge in [-0.05, 0) is 18.6 Å². The lowest BCUT2D eigenvalue weighted by Gasteiger charge is -2.22. The average Bonchev–Trinajstić information content (AvgIpc) is 2.58. The van der Waals surface area contributed by atoms with Crippen molar-refractivity contribution in [2.45, 2.75) is 19.8 Å². The van der Waals surface area contributed by atoms with Crippen LogP contribution in [0.4, 0.5) is 5.69 Å². The summed E-state index contributed by atoms with van der Waals surface area (Å²) < 4.78 is 15.4. The monoisotopic (exact) mass is 338 g/mol. The lowest BCUT2D eigenvalue weighted by molar-refractivity contribution is -0.121. The van der Waals surface area contributed by atoms with E-state index in [9.17, 15) is 9.59 Å². The molecule has 0 saturated carbocycles. The Morgan fingerprint density at radius 2 is 1.83 bits per heavy atom.